The number of allylic oxidation sites excluding steroid dienone is 1. The number of ether oxygens (including phenoxy) is 1. The Kier molecular flexibility index (Phi) is 10.3. The van der Waals surface area contributed by atoms with Gasteiger partial charge in [-0.05, 0) is 77.4 Å². The van der Waals surface area contributed by atoms with Crippen LogP contribution in [-0.2, 0) is 4.74 Å². The van der Waals surface area contributed by atoms with Gasteiger partial charge >= 0.3 is 12.1 Å². The number of aromatic carboxylic acids is 1. The summed E-state index contributed by atoms with van der Waals surface area (Å²) in [6.45, 7) is 19.9. The van der Waals surface area contributed by atoms with E-state index in [2.05, 4.69) is 49.4 Å². The lowest BCUT2D eigenvalue weighted by Crippen LogP contribution is -2.41. The van der Waals surface area contributed by atoms with Crippen molar-refractivity contribution in [2.45, 2.75) is 85.8 Å². The van der Waals surface area contributed by atoms with Crippen LogP contribution in [0.2, 0.25) is 0 Å². The number of carbonyl (C=O) groups excluding carboxylic acids is 1. The van der Waals surface area contributed by atoms with Gasteiger partial charge in [-0.25, -0.2) is 9.59 Å². The van der Waals surface area contributed by atoms with E-state index in [1.807, 2.05) is 26.8 Å². The smallest absolute Gasteiger partial charge is 0.410 e. The number of amides is 1. The maximum Gasteiger partial charge on any atom is 0.410 e. The summed E-state index contributed by atoms with van der Waals surface area (Å²) in [5, 5.41) is 13.4. The molecule has 38 heavy (non-hydrogen) atoms. The van der Waals surface area contributed by atoms with E-state index in [-0.39, 0.29) is 34.4 Å². The molecule has 2 N–H and O–H groups in total. The highest BCUT2D eigenvalue weighted by Gasteiger charge is 2.36. The molecule has 0 aromatic carbocycles. The Bertz CT molecular complexity index is 1060. The third-order valence-corrected chi connectivity index (χ3v) is 8.15. The predicted octanol–water partition coefficient (Wildman–Crippen LogP) is 6.20. The van der Waals surface area contributed by atoms with Gasteiger partial charge < -0.3 is 25.0 Å². The van der Waals surface area contributed by atoms with E-state index in [1.165, 1.54) is 11.3 Å². The van der Waals surface area contributed by atoms with Crippen LogP contribution >= 0.6 is 11.3 Å². The molecule has 3 heterocycles. The predicted molar refractivity (Wildman–Crippen MR) is 155 cm³/mol. The fraction of sp³-hybridized carbons (Fsp3) is 0.667. The van der Waals surface area contributed by atoms with Gasteiger partial charge in [0.05, 0.1) is 16.6 Å². The Hall–Kier alpha value is -2.50. The first-order chi connectivity index (χ1) is 17.9. The van der Waals surface area contributed by atoms with Gasteiger partial charge in [0, 0.05) is 24.2 Å². The summed E-state index contributed by atoms with van der Waals surface area (Å²) < 4.78 is 5.81. The molecule has 3 rings (SSSR count). The second kappa shape index (κ2) is 13.0. The molecule has 0 unspecified atom stereocenters. The van der Waals surface area contributed by atoms with Crippen LogP contribution in [0.4, 0.5) is 10.5 Å². The SMILES string of the molecule is C=C([C@H](C)CCC(C)C)N(c1cc(C#CC(C)(C)C)sc1C(=O)O)[C@H]1CCN(C(=O)OC2CCNCC2)C1. The van der Waals surface area contributed by atoms with Gasteiger partial charge in [-0.3, -0.25) is 0 Å². The first-order valence-corrected chi connectivity index (χ1v) is 14.7. The number of rotatable bonds is 9. The van der Waals surface area contributed by atoms with Crippen molar-refractivity contribution < 1.29 is 19.4 Å². The topological polar surface area (TPSA) is 82.1 Å². The summed E-state index contributed by atoms with van der Waals surface area (Å²) in [6.07, 6.45) is 4.07. The van der Waals surface area contributed by atoms with Crippen LogP contribution in [0.15, 0.2) is 18.3 Å². The number of nitrogens with one attached hydrogen (secondary N) is 1. The molecule has 0 radical (unpaired) electrons. The third kappa shape index (κ3) is 8.25. The van der Waals surface area contributed by atoms with Crippen molar-refractivity contribution in [2.75, 3.05) is 31.1 Å². The second-order valence-electron chi connectivity index (χ2n) is 12.1. The minimum Gasteiger partial charge on any atom is -0.477 e. The number of hydrogen-bond acceptors (Lipinski definition) is 6. The van der Waals surface area contributed by atoms with Crippen LogP contribution in [0, 0.1) is 29.1 Å². The zero-order chi connectivity index (χ0) is 28.0. The molecule has 0 aliphatic carbocycles. The highest BCUT2D eigenvalue weighted by Crippen LogP contribution is 2.38. The lowest BCUT2D eigenvalue weighted by molar-refractivity contribution is 0.0538. The minimum absolute atomic E-state index is 0.0515. The quantitative estimate of drug-likeness (QED) is 0.361. The fourth-order valence-electron chi connectivity index (χ4n) is 4.85. The van der Waals surface area contributed by atoms with Gasteiger partial charge in [0.2, 0.25) is 0 Å². The molecule has 0 spiro atoms. The standard InChI is InChI=1S/C30H45N3O4S/c1-20(2)8-9-21(3)22(4)33(26-18-25(10-14-30(5,6)7)38-27(26)28(34)35)23-13-17-32(19-23)29(36)37-24-11-15-31-16-12-24/h18,20-21,23-24,31H,4,8-9,11-13,15-17,19H2,1-3,5-7H3,(H,34,35)/t21-,23+/m1/s1. The van der Waals surface area contributed by atoms with Gasteiger partial charge in [-0.2, -0.15) is 0 Å². The largest absolute Gasteiger partial charge is 0.477 e. The number of carboxylic acid groups (broad SMARTS) is 1. The van der Waals surface area contributed by atoms with Crippen molar-refractivity contribution in [2.24, 2.45) is 17.3 Å². The van der Waals surface area contributed by atoms with Crippen molar-refractivity contribution in [1.82, 2.24) is 10.2 Å². The van der Waals surface area contributed by atoms with Crippen molar-refractivity contribution in [1.29, 1.82) is 0 Å². The zero-order valence-electron chi connectivity index (χ0n) is 23.9. The van der Waals surface area contributed by atoms with Gasteiger partial charge in [0.1, 0.15) is 11.0 Å². The van der Waals surface area contributed by atoms with Crippen molar-refractivity contribution in [3.05, 3.63) is 28.1 Å². The highest BCUT2D eigenvalue weighted by molar-refractivity contribution is 7.15. The van der Waals surface area contributed by atoms with E-state index in [0.29, 0.717) is 24.7 Å². The zero-order valence-corrected chi connectivity index (χ0v) is 24.7. The lowest BCUT2D eigenvalue weighted by Gasteiger charge is -2.35. The van der Waals surface area contributed by atoms with Crippen molar-refractivity contribution in [3.8, 4) is 11.8 Å². The van der Waals surface area contributed by atoms with E-state index < -0.39 is 5.97 Å². The summed E-state index contributed by atoms with van der Waals surface area (Å²) in [4.78, 5) is 30.2. The van der Waals surface area contributed by atoms with E-state index in [0.717, 1.165) is 55.8 Å². The van der Waals surface area contributed by atoms with Crippen LogP contribution in [0.1, 0.15) is 88.2 Å². The number of carbonyl (C=O) groups is 2. The Morgan fingerprint density at radius 3 is 2.53 bits per heavy atom. The van der Waals surface area contributed by atoms with Crippen LogP contribution in [0.25, 0.3) is 0 Å². The Labute approximate surface area is 232 Å². The average Bonchev–Trinajstić information content (AvgIpc) is 3.50. The number of likely N-dealkylation sites (tertiary alicyclic amines) is 1. The number of hydrogen-bond donors (Lipinski definition) is 2. The van der Waals surface area contributed by atoms with Crippen LogP contribution in [0.5, 0.6) is 0 Å². The number of thiophene rings is 1. The number of nitrogens with zero attached hydrogens (tertiary/aromatic N) is 2. The average molecular weight is 544 g/mol. The summed E-state index contributed by atoms with van der Waals surface area (Å²) in [6, 6.07) is 1.81. The third-order valence-electron chi connectivity index (χ3n) is 7.12. The summed E-state index contributed by atoms with van der Waals surface area (Å²) >= 11 is 1.21. The number of piperidine rings is 1. The molecule has 2 aliphatic rings. The van der Waals surface area contributed by atoms with Crippen LogP contribution in [-0.4, -0.2) is 60.4 Å². The molecule has 1 aromatic rings. The van der Waals surface area contributed by atoms with Crippen molar-refractivity contribution in [3.63, 3.8) is 0 Å². The highest BCUT2D eigenvalue weighted by atomic mass is 32.1. The number of anilines is 1. The molecule has 0 saturated carbocycles. The summed E-state index contributed by atoms with van der Waals surface area (Å²) in [5.74, 6) is 6.17. The van der Waals surface area contributed by atoms with Crippen LogP contribution in [0.3, 0.4) is 0 Å². The Morgan fingerprint density at radius 1 is 1.24 bits per heavy atom. The van der Waals surface area contributed by atoms with E-state index in [4.69, 9.17) is 4.74 Å². The van der Waals surface area contributed by atoms with E-state index >= 15 is 0 Å². The molecule has 1 aromatic heterocycles. The molecule has 2 atom stereocenters. The first-order valence-electron chi connectivity index (χ1n) is 13.9. The fourth-order valence-corrected chi connectivity index (χ4v) is 5.69. The maximum atomic E-state index is 13.0. The van der Waals surface area contributed by atoms with Crippen molar-refractivity contribution >= 4 is 29.1 Å². The molecule has 8 heteroatoms. The molecule has 2 saturated heterocycles. The van der Waals surface area contributed by atoms with Crippen LogP contribution < -0.4 is 10.2 Å². The van der Waals surface area contributed by atoms with Gasteiger partial charge in [0.15, 0.2) is 0 Å². The molecular weight excluding hydrogens is 498 g/mol. The molecule has 210 valence electrons. The molecule has 2 fully saturated rings. The second-order valence-corrected chi connectivity index (χ2v) is 13.1. The lowest BCUT2D eigenvalue weighted by atomic mass is 9.95. The minimum atomic E-state index is -0.971. The van der Waals surface area contributed by atoms with Gasteiger partial charge in [-0.15, -0.1) is 11.3 Å². The summed E-state index contributed by atoms with van der Waals surface area (Å²) in [7, 11) is 0. The monoisotopic (exact) mass is 543 g/mol. The summed E-state index contributed by atoms with van der Waals surface area (Å²) in [5.41, 5.74) is 1.32. The normalized spacial score (nSPS) is 19.1. The molecular formula is C30H45N3O4S. The molecule has 0 bridgehead atoms. The van der Waals surface area contributed by atoms with E-state index in [1.54, 1.807) is 4.90 Å². The maximum absolute atomic E-state index is 13.0. The number of carboxylic acids is 1. The van der Waals surface area contributed by atoms with Gasteiger partial charge in [-0.1, -0.05) is 45.6 Å². The van der Waals surface area contributed by atoms with E-state index in [9.17, 15) is 14.7 Å². The molecule has 7 nitrogen and oxygen atoms in total. The Balaban J connectivity index is 1.89. The Morgan fingerprint density at radius 2 is 1.92 bits per heavy atom. The molecule has 2 aliphatic heterocycles. The van der Waals surface area contributed by atoms with Gasteiger partial charge in [0.25, 0.3) is 0 Å². The molecule has 1 amide bonds. The first kappa shape index (κ1) is 30.0.